The van der Waals surface area contributed by atoms with Gasteiger partial charge in [0.2, 0.25) is 11.6 Å². The van der Waals surface area contributed by atoms with Crippen LogP contribution < -0.4 is 16.6 Å². The first-order chi connectivity index (χ1) is 9.61. The van der Waals surface area contributed by atoms with Gasteiger partial charge < -0.3 is 15.3 Å². The summed E-state index contributed by atoms with van der Waals surface area (Å²) < 4.78 is 1.85. The first-order valence-corrected chi connectivity index (χ1v) is 5.80. The monoisotopic (exact) mass is 278 g/mol. The molecule has 20 heavy (non-hydrogen) atoms. The van der Waals surface area contributed by atoms with Gasteiger partial charge in [0.1, 0.15) is 6.33 Å². The molecular formula is C10H14N8O2. The molecular weight excluding hydrogens is 264 g/mol. The van der Waals surface area contributed by atoms with E-state index < -0.39 is 4.92 Å². The minimum atomic E-state index is -0.582. The Balaban J connectivity index is 2.18. The third-order valence-electron chi connectivity index (χ3n) is 2.57. The smallest absolute Gasteiger partial charge is 0.354 e. The van der Waals surface area contributed by atoms with Crippen molar-refractivity contribution in [1.29, 1.82) is 0 Å². The number of imidazole rings is 1. The molecule has 0 aromatic carbocycles. The van der Waals surface area contributed by atoms with Crippen molar-refractivity contribution in [2.75, 3.05) is 10.7 Å². The highest BCUT2D eigenvalue weighted by molar-refractivity contribution is 5.68. The predicted octanol–water partition coefficient (Wildman–Crippen LogP) is 0.368. The van der Waals surface area contributed by atoms with E-state index in [0.717, 1.165) is 0 Å². The van der Waals surface area contributed by atoms with Gasteiger partial charge in [-0.2, -0.15) is 0 Å². The van der Waals surface area contributed by atoms with Gasteiger partial charge in [-0.1, -0.05) is 0 Å². The molecule has 0 aliphatic rings. The van der Waals surface area contributed by atoms with Gasteiger partial charge in [0.25, 0.3) is 0 Å². The Bertz CT molecular complexity index is 585. The van der Waals surface area contributed by atoms with Crippen molar-refractivity contribution in [2.24, 2.45) is 5.84 Å². The van der Waals surface area contributed by atoms with E-state index in [4.69, 9.17) is 5.84 Å². The molecule has 10 nitrogen and oxygen atoms in total. The summed E-state index contributed by atoms with van der Waals surface area (Å²) in [6.45, 7) is 2.47. The molecule has 106 valence electrons. The van der Waals surface area contributed by atoms with E-state index in [1.807, 2.05) is 11.5 Å². The van der Waals surface area contributed by atoms with Gasteiger partial charge in [-0.15, -0.1) is 0 Å². The summed E-state index contributed by atoms with van der Waals surface area (Å²) in [4.78, 5) is 22.0. The normalized spacial score (nSPS) is 11.9. The molecule has 0 spiro atoms. The van der Waals surface area contributed by atoms with Crippen molar-refractivity contribution >= 4 is 17.3 Å². The standard InChI is InChI=1S/C10H14N8O2/c1-7(4-17-3-2-12-6-17)15-9-8(18(19)20)10(16-11)14-5-13-9/h2-3,5-7H,4,11H2,1H3,(H2,13,14,15,16). The molecule has 1 atom stereocenters. The van der Waals surface area contributed by atoms with Crippen molar-refractivity contribution in [3.05, 3.63) is 35.2 Å². The molecule has 4 N–H and O–H groups in total. The molecule has 2 rings (SSSR count). The number of anilines is 2. The SMILES string of the molecule is CC(Cn1ccnc1)Nc1ncnc(NN)c1[N+](=O)[O-]. The fraction of sp³-hybridized carbons (Fsp3) is 0.300. The lowest BCUT2D eigenvalue weighted by Gasteiger charge is -2.15. The summed E-state index contributed by atoms with van der Waals surface area (Å²) in [5, 5.41) is 14.0. The number of nitrogens with one attached hydrogen (secondary N) is 2. The van der Waals surface area contributed by atoms with E-state index >= 15 is 0 Å². The highest BCUT2D eigenvalue weighted by Crippen LogP contribution is 2.28. The lowest BCUT2D eigenvalue weighted by Crippen LogP contribution is -2.23. The number of nitro groups is 1. The molecule has 0 amide bonds. The van der Waals surface area contributed by atoms with E-state index in [1.165, 1.54) is 6.33 Å². The van der Waals surface area contributed by atoms with Crippen LogP contribution in [0.3, 0.4) is 0 Å². The summed E-state index contributed by atoms with van der Waals surface area (Å²) in [6, 6.07) is -0.0941. The lowest BCUT2D eigenvalue weighted by molar-refractivity contribution is -0.383. The Morgan fingerprint density at radius 3 is 2.85 bits per heavy atom. The Morgan fingerprint density at radius 2 is 2.25 bits per heavy atom. The van der Waals surface area contributed by atoms with Gasteiger partial charge in [0, 0.05) is 25.0 Å². The van der Waals surface area contributed by atoms with Crippen molar-refractivity contribution in [3.63, 3.8) is 0 Å². The lowest BCUT2D eigenvalue weighted by atomic mass is 10.3. The Labute approximate surface area is 114 Å². The Morgan fingerprint density at radius 1 is 1.50 bits per heavy atom. The molecule has 0 aliphatic heterocycles. The van der Waals surface area contributed by atoms with Crippen LogP contribution in [0.5, 0.6) is 0 Å². The van der Waals surface area contributed by atoms with Crippen LogP contribution in [0.2, 0.25) is 0 Å². The molecule has 0 saturated heterocycles. The number of nitrogen functional groups attached to an aromatic ring is 1. The third-order valence-corrected chi connectivity index (χ3v) is 2.57. The second-order valence-electron chi connectivity index (χ2n) is 4.13. The fourth-order valence-electron chi connectivity index (χ4n) is 1.75. The van der Waals surface area contributed by atoms with Gasteiger partial charge in [-0.25, -0.2) is 20.8 Å². The second kappa shape index (κ2) is 5.93. The topological polar surface area (TPSA) is 137 Å². The maximum Gasteiger partial charge on any atom is 0.354 e. The van der Waals surface area contributed by atoms with E-state index in [0.29, 0.717) is 6.54 Å². The third kappa shape index (κ3) is 2.98. The average Bonchev–Trinajstić information content (AvgIpc) is 2.90. The van der Waals surface area contributed by atoms with Crippen molar-refractivity contribution in [2.45, 2.75) is 19.5 Å². The van der Waals surface area contributed by atoms with E-state index in [1.54, 1.807) is 18.7 Å². The molecule has 2 aromatic heterocycles. The zero-order valence-electron chi connectivity index (χ0n) is 10.7. The first kappa shape index (κ1) is 13.7. The van der Waals surface area contributed by atoms with Crippen LogP contribution in [0.25, 0.3) is 0 Å². The Kier molecular flexibility index (Phi) is 4.05. The molecule has 0 bridgehead atoms. The molecule has 2 aromatic rings. The number of hydrogen-bond acceptors (Lipinski definition) is 8. The van der Waals surface area contributed by atoms with Gasteiger partial charge in [0.05, 0.1) is 11.3 Å². The molecule has 2 heterocycles. The number of nitrogens with two attached hydrogens (primary N) is 1. The molecule has 10 heteroatoms. The maximum absolute atomic E-state index is 11.1. The zero-order valence-corrected chi connectivity index (χ0v) is 10.7. The zero-order chi connectivity index (χ0) is 14.5. The predicted molar refractivity (Wildman–Crippen MR) is 71.8 cm³/mol. The van der Waals surface area contributed by atoms with Crippen LogP contribution in [-0.4, -0.2) is 30.5 Å². The van der Waals surface area contributed by atoms with Gasteiger partial charge in [-0.05, 0) is 6.92 Å². The second-order valence-corrected chi connectivity index (χ2v) is 4.13. The van der Waals surface area contributed by atoms with Gasteiger partial charge >= 0.3 is 5.69 Å². The van der Waals surface area contributed by atoms with Crippen molar-refractivity contribution in [1.82, 2.24) is 19.5 Å². The quantitative estimate of drug-likeness (QED) is 0.391. The first-order valence-electron chi connectivity index (χ1n) is 5.80. The molecule has 0 aliphatic carbocycles. The molecule has 0 radical (unpaired) electrons. The molecule has 0 saturated carbocycles. The van der Waals surface area contributed by atoms with Crippen LogP contribution in [0.15, 0.2) is 25.0 Å². The highest BCUT2D eigenvalue weighted by Gasteiger charge is 2.23. The minimum absolute atomic E-state index is 0.0395. The maximum atomic E-state index is 11.1. The van der Waals surface area contributed by atoms with Crippen molar-refractivity contribution < 1.29 is 4.92 Å². The minimum Gasteiger partial charge on any atom is -0.360 e. The van der Waals surface area contributed by atoms with Crippen LogP contribution in [-0.2, 0) is 6.54 Å². The van der Waals surface area contributed by atoms with E-state index in [-0.39, 0.29) is 23.4 Å². The number of aromatic nitrogens is 4. The fourth-order valence-corrected chi connectivity index (χ4v) is 1.75. The summed E-state index contributed by atoms with van der Waals surface area (Å²) in [5.41, 5.74) is 1.90. The molecule has 1 unspecified atom stereocenters. The van der Waals surface area contributed by atoms with Crippen LogP contribution in [0.4, 0.5) is 17.3 Å². The largest absolute Gasteiger partial charge is 0.360 e. The summed E-state index contributed by atoms with van der Waals surface area (Å²) >= 11 is 0. The molecule has 0 fully saturated rings. The number of rotatable bonds is 6. The van der Waals surface area contributed by atoms with Gasteiger partial charge in [-0.3, -0.25) is 10.1 Å². The van der Waals surface area contributed by atoms with Crippen LogP contribution in [0.1, 0.15) is 6.92 Å². The van der Waals surface area contributed by atoms with Crippen LogP contribution in [0, 0.1) is 10.1 Å². The number of hydrogen-bond donors (Lipinski definition) is 3. The number of hydrazine groups is 1. The summed E-state index contributed by atoms with van der Waals surface area (Å²) in [7, 11) is 0. The van der Waals surface area contributed by atoms with Gasteiger partial charge in [0.15, 0.2) is 0 Å². The number of nitrogens with zero attached hydrogens (tertiary/aromatic N) is 5. The van der Waals surface area contributed by atoms with Crippen LogP contribution >= 0.6 is 0 Å². The van der Waals surface area contributed by atoms with Crippen molar-refractivity contribution in [3.8, 4) is 0 Å². The summed E-state index contributed by atoms with van der Waals surface area (Å²) in [6.07, 6.45) is 6.34. The highest BCUT2D eigenvalue weighted by atomic mass is 16.6. The van der Waals surface area contributed by atoms with E-state index in [9.17, 15) is 10.1 Å². The summed E-state index contributed by atoms with van der Waals surface area (Å²) in [5.74, 6) is 5.29. The Hall–Kier alpha value is -2.75. The average molecular weight is 278 g/mol. The van der Waals surface area contributed by atoms with E-state index in [2.05, 4.69) is 25.7 Å².